The first-order chi connectivity index (χ1) is 14.2. The molecule has 7 rings (SSSR count). The number of alkyl halides is 3. The van der Waals surface area contributed by atoms with Crippen molar-refractivity contribution in [1.29, 1.82) is 0 Å². The summed E-state index contributed by atoms with van der Waals surface area (Å²) >= 11 is 0. The largest absolute Gasteiger partial charge is 0.389 e. The van der Waals surface area contributed by atoms with Crippen LogP contribution in [0.5, 0.6) is 0 Å². The molecule has 5 aliphatic rings. The standard InChI is InChI=1S/C22H23F3N4O/c23-22(24,25)12-20-9-21(10-20,11-20)19(30)27-15-4-6-29-18(15)8-17(28-29)14-3-5-26-16(7-14)13-1-2-13/h3,5,7-8,13,15H,1-2,4,6,9-12H2,(H,27,30). The molecule has 1 aliphatic heterocycles. The van der Waals surface area contributed by atoms with Crippen LogP contribution >= 0.6 is 0 Å². The van der Waals surface area contributed by atoms with E-state index in [1.807, 2.05) is 23.0 Å². The highest BCUT2D eigenvalue weighted by atomic mass is 19.4. The first kappa shape index (κ1) is 18.4. The molecule has 4 saturated carbocycles. The summed E-state index contributed by atoms with van der Waals surface area (Å²) in [5.74, 6) is 0.479. The van der Waals surface area contributed by atoms with Gasteiger partial charge in [0.15, 0.2) is 0 Å². The number of aromatic nitrogens is 3. The van der Waals surface area contributed by atoms with Crippen LogP contribution in [0.15, 0.2) is 24.4 Å². The molecule has 2 aromatic rings. The van der Waals surface area contributed by atoms with Crippen LogP contribution < -0.4 is 5.32 Å². The van der Waals surface area contributed by atoms with Gasteiger partial charge in [0, 0.05) is 36.3 Å². The van der Waals surface area contributed by atoms with Crippen molar-refractivity contribution < 1.29 is 18.0 Å². The van der Waals surface area contributed by atoms with Crippen molar-refractivity contribution in [2.75, 3.05) is 0 Å². The van der Waals surface area contributed by atoms with E-state index in [0.717, 1.165) is 35.6 Å². The predicted octanol–water partition coefficient (Wildman–Crippen LogP) is 4.51. The molecule has 158 valence electrons. The number of carbonyl (C=O) groups is 1. The van der Waals surface area contributed by atoms with Crippen molar-refractivity contribution in [3.63, 3.8) is 0 Å². The third-order valence-electron chi connectivity index (χ3n) is 7.37. The lowest BCUT2D eigenvalue weighted by Gasteiger charge is -2.69. The van der Waals surface area contributed by atoms with Crippen molar-refractivity contribution in [3.05, 3.63) is 35.8 Å². The van der Waals surface area contributed by atoms with Gasteiger partial charge in [-0.25, -0.2) is 0 Å². The number of nitrogens with one attached hydrogen (secondary N) is 1. The van der Waals surface area contributed by atoms with Crippen molar-refractivity contribution in [3.8, 4) is 11.3 Å². The Balaban J connectivity index is 1.14. The molecule has 4 aliphatic carbocycles. The van der Waals surface area contributed by atoms with Gasteiger partial charge in [-0.2, -0.15) is 18.3 Å². The summed E-state index contributed by atoms with van der Waals surface area (Å²) in [6.07, 6.45) is 1.16. The zero-order chi connectivity index (χ0) is 20.7. The van der Waals surface area contributed by atoms with Crippen molar-refractivity contribution in [2.45, 2.75) is 69.6 Å². The topological polar surface area (TPSA) is 59.8 Å². The molecule has 1 unspecified atom stereocenters. The zero-order valence-corrected chi connectivity index (χ0v) is 16.5. The summed E-state index contributed by atoms with van der Waals surface area (Å²) in [5, 5.41) is 7.82. The van der Waals surface area contributed by atoms with E-state index < -0.39 is 23.4 Å². The van der Waals surface area contributed by atoms with Crippen molar-refractivity contribution in [1.82, 2.24) is 20.1 Å². The third-order valence-corrected chi connectivity index (χ3v) is 7.37. The quantitative estimate of drug-likeness (QED) is 0.781. The van der Waals surface area contributed by atoms with Crippen LogP contribution in [0, 0.1) is 10.8 Å². The molecule has 0 saturated heterocycles. The van der Waals surface area contributed by atoms with Gasteiger partial charge in [-0.3, -0.25) is 14.5 Å². The third kappa shape index (κ3) is 2.87. The average molecular weight is 416 g/mol. The minimum Gasteiger partial charge on any atom is -0.347 e. The average Bonchev–Trinajstić information content (AvgIpc) is 3.29. The molecule has 8 heteroatoms. The highest BCUT2D eigenvalue weighted by Crippen LogP contribution is 2.76. The lowest BCUT2D eigenvalue weighted by molar-refractivity contribution is -0.258. The monoisotopic (exact) mass is 416 g/mol. The van der Waals surface area contributed by atoms with E-state index in [1.165, 1.54) is 12.8 Å². The molecule has 3 heterocycles. The van der Waals surface area contributed by atoms with E-state index in [4.69, 9.17) is 5.10 Å². The number of fused-ring (bicyclic) bond motifs is 1. The van der Waals surface area contributed by atoms with Crippen LogP contribution in [0.2, 0.25) is 0 Å². The molecule has 0 radical (unpaired) electrons. The Morgan fingerprint density at radius 1 is 1.20 bits per heavy atom. The Hall–Kier alpha value is -2.38. The summed E-state index contributed by atoms with van der Waals surface area (Å²) < 4.78 is 40.1. The normalized spacial score (nSPS) is 31.6. The second-order valence-electron chi connectivity index (χ2n) is 9.84. The number of amides is 1. The summed E-state index contributed by atoms with van der Waals surface area (Å²) in [5.41, 5.74) is 2.74. The number of hydrogen-bond donors (Lipinski definition) is 1. The van der Waals surface area contributed by atoms with Crippen LogP contribution in [0.4, 0.5) is 13.2 Å². The van der Waals surface area contributed by atoms with E-state index in [0.29, 0.717) is 25.2 Å². The maximum absolute atomic E-state index is 12.8. The summed E-state index contributed by atoms with van der Waals surface area (Å²) in [6, 6.07) is 5.96. The van der Waals surface area contributed by atoms with Crippen molar-refractivity contribution in [2.24, 2.45) is 10.8 Å². The van der Waals surface area contributed by atoms with Crippen LogP contribution in [0.1, 0.15) is 68.3 Å². The molecule has 0 spiro atoms. The van der Waals surface area contributed by atoms with Gasteiger partial charge in [-0.15, -0.1) is 0 Å². The summed E-state index contributed by atoms with van der Waals surface area (Å²) in [4.78, 5) is 17.3. The number of carbonyl (C=O) groups excluding carboxylic acids is 1. The maximum atomic E-state index is 12.8. The Labute approximate surface area is 172 Å². The highest BCUT2D eigenvalue weighted by Gasteiger charge is 2.73. The molecule has 1 atom stereocenters. The summed E-state index contributed by atoms with van der Waals surface area (Å²) in [7, 11) is 0. The van der Waals surface area contributed by atoms with Crippen molar-refractivity contribution >= 4 is 5.91 Å². The fourth-order valence-electron chi connectivity index (χ4n) is 5.95. The van der Waals surface area contributed by atoms with E-state index in [2.05, 4.69) is 16.4 Å². The molecule has 5 nitrogen and oxygen atoms in total. The fraction of sp³-hybridized carbons (Fsp3) is 0.591. The number of hydrogen-bond acceptors (Lipinski definition) is 3. The molecule has 2 bridgehead atoms. The minimum atomic E-state index is -4.15. The van der Waals surface area contributed by atoms with Crippen LogP contribution in [0.25, 0.3) is 11.3 Å². The summed E-state index contributed by atoms with van der Waals surface area (Å²) in [6.45, 7) is 0.728. The van der Waals surface area contributed by atoms with Crippen LogP contribution in [-0.2, 0) is 11.3 Å². The second-order valence-corrected chi connectivity index (χ2v) is 9.84. The Morgan fingerprint density at radius 2 is 1.97 bits per heavy atom. The predicted molar refractivity (Wildman–Crippen MR) is 102 cm³/mol. The second kappa shape index (κ2) is 5.86. The van der Waals surface area contributed by atoms with Gasteiger partial charge in [0.25, 0.3) is 0 Å². The molecule has 2 aromatic heterocycles. The van der Waals surface area contributed by atoms with E-state index >= 15 is 0 Å². The Kier molecular flexibility index (Phi) is 3.59. The molecule has 1 N–H and O–H groups in total. The highest BCUT2D eigenvalue weighted by molar-refractivity contribution is 5.86. The molecule has 4 fully saturated rings. The number of aryl methyl sites for hydroxylation is 1. The molecular formula is C22H23F3N4O. The van der Waals surface area contributed by atoms with Gasteiger partial charge in [0.2, 0.25) is 5.91 Å². The number of halogens is 3. The first-order valence-electron chi connectivity index (χ1n) is 10.7. The van der Waals surface area contributed by atoms with Gasteiger partial charge in [0.1, 0.15) is 0 Å². The van der Waals surface area contributed by atoms with Gasteiger partial charge in [-0.1, -0.05) is 0 Å². The molecule has 30 heavy (non-hydrogen) atoms. The SMILES string of the molecule is O=C(NC1CCn2nc(-c3ccnc(C4CC4)c3)cc21)C12CC(CC(F)(F)F)(C1)C2. The van der Waals surface area contributed by atoms with E-state index in [9.17, 15) is 18.0 Å². The fourth-order valence-corrected chi connectivity index (χ4v) is 5.95. The van der Waals surface area contributed by atoms with Gasteiger partial charge >= 0.3 is 6.18 Å². The molecule has 0 aromatic carbocycles. The van der Waals surface area contributed by atoms with E-state index in [-0.39, 0.29) is 11.9 Å². The number of nitrogens with zero attached hydrogens (tertiary/aromatic N) is 3. The van der Waals surface area contributed by atoms with E-state index in [1.54, 1.807) is 0 Å². The number of rotatable bonds is 5. The lowest BCUT2D eigenvalue weighted by atomic mass is 9.34. The molecule has 1 amide bonds. The minimum absolute atomic E-state index is 0.0901. The molecular weight excluding hydrogens is 393 g/mol. The first-order valence-corrected chi connectivity index (χ1v) is 10.7. The zero-order valence-electron chi connectivity index (χ0n) is 16.5. The maximum Gasteiger partial charge on any atom is 0.389 e. The number of pyridine rings is 1. The van der Waals surface area contributed by atoms with Crippen LogP contribution in [0.3, 0.4) is 0 Å². The van der Waals surface area contributed by atoms with Crippen LogP contribution in [-0.4, -0.2) is 26.8 Å². The Morgan fingerprint density at radius 3 is 2.67 bits per heavy atom. The lowest BCUT2D eigenvalue weighted by Crippen LogP contribution is -2.68. The van der Waals surface area contributed by atoms with Gasteiger partial charge < -0.3 is 5.32 Å². The smallest absolute Gasteiger partial charge is 0.347 e. The van der Waals surface area contributed by atoms with Gasteiger partial charge in [-0.05, 0) is 62.1 Å². The van der Waals surface area contributed by atoms with Gasteiger partial charge in [0.05, 0.1) is 22.8 Å². The Bertz CT molecular complexity index is 1020.